The molecular formula is C14H18N2S. The maximum absolute atomic E-state index is 4.44. The predicted octanol–water partition coefficient (Wildman–Crippen LogP) is 4.19. The van der Waals surface area contributed by atoms with E-state index in [0.29, 0.717) is 5.92 Å². The molecule has 2 rings (SSSR count). The number of hydrogen-bond acceptors (Lipinski definition) is 3. The highest BCUT2D eigenvalue weighted by Crippen LogP contribution is 2.19. The van der Waals surface area contributed by atoms with E-state index in [1.54, 1.807) is 11.3 Å². The number of hydrogen-bond donors (Lipinski definition) is 1. The molecule has 2 nitrogen and oxygen atoms in total. The van der Waals surface area contributed by atoms with Crippen LogP contribution in [0.3, 0.4) is 0 Å². The molecule has 0 radical (unpaired) electrons. The molecule has 0 spiro atoms. The van der Waals surface area contributed by atoms with Crippen molar-refractivity contribution >= 4 is 17.0 Å². The number of benzene rings is 1. The smallest absolute Gasteiger partial charge is 0.112 e. The van der Waals surface area contributed by atoms with Gasteiger partial charge in [-0.05, 0) is 30.5 Å². The second-order valence-electron chi connectivity index (χ2n) is 4.52. The van der Waals surface area contributed by atoms with E-state index in [9.17, 15) is 0 Å². The first-order chi connectivity index (χ1) is 8.15. The van der Waals surface area contributed by atoms with Gasteiger partial charge < -0.3 is 5.32 Å². The van der Waals surface area contributed by atoms with Gasteiger partial charge in [-0.2, -0.15) is 0 Å². The lowest BCUT2D eigenvalue weighted by molar-refractivity contribution is 0.866. The van der Waals surface area contributed by atoms with Gasteiger partial charge in [-0.3, -0.25) is 0 Å². The molecule has 0 aliphatic carbocycles. The number of aromatic nitrogens is 1. The molecule has 2 aromatic rings. The molecule has 0 saturated carbocycles. The van der Waals surface area contributed by atoms with Crippen molar-refractivity contribution in [2.24, 2.45) is 0 Å². The van der Waals surface area contributed by atoms with Crippen LogP contribution in [-0.4, -0.2) is 4.98 Å². The minimum atomic E-state index is 0.568. The molecule has 1 N–H and O–H groups in total. The number of anilines is 1. The van der Waals surface area contributed by atoms with Crippen molar-refractivity contribution in [3.63, 3.8) is 0 Å². The lowest BCUT2D eigenvalue weighted by Crippen LogP contribution is -1.99. The summed E-state index contributed by atoms with van der Waals surface area (Å²) in [5.74, 6) is 0.568. The van der Waals surface area contributed by atoms with Crippen LogP contribution < -0.4 is 5.32 Å². The Bertz CT molecular complexity index is 488. The van der Waals surface area contributed by atoms with Gasteiger partial charge in [-0.15, -0.1) is 11.3 Å². The number of aryl methyl sites for hydroxylation is 1. The summed E-state index contributed by atoms with van der Waals surface area (Å²) in [5, 5.41) is 6.64. The molecule has 0 unspecified atom stereocenters. The average molecular weight is 246 g/mol. The van der Waals surface area contributed by atoms with Gasteiger partial charge in [-0.25, -0.2) is 4.98 Å². The highest BCUT2D eigenvalue weighted by molar-refractivity contribution is 7.09. The van der Waals surface area contributed by atoms with E-state index in [-0.39, 0.29) is 0 Å². The van der Waals surface area contributed by atoms with Crippen molar-refractivity contribution in [3.8, 4) is 0 Å². The first-order valence-electron chi connectivity index (χ1n) is 5.90. The predicted molar refractivity (Wildman–Crippen MR) is 74.7 cm³/mol. The normalized spacial score (nSPS) is 10.8. The second-order valence-corrected chi connectivity index (χ2v) is 5.46. The molecule has 0 amide bonds. The molecule has 0 fully saturated rings. The third-order valence-corrected chi connectivity index (χ3v) is 3.63. The summed E-state index contributed by atoms with van der Waals surface area (Å²) in [4.78, 5) is 4.44. The Morgan fingerprint density at radius 1 is 1.35 bits per heavy atom. The summed E-state index contributed by atoms with van der Waals surface area (Å²) in [6.07, 6.45) is 0. The van der Waals surface area contributed by atoms with Gasteiger partial charge in [0.05, 0.1) is 6.54 Å². The molecule has 0 saturated heterocycles. The zero-order valence-corrected chi connectivity index (χ0v) is 11.3. The van der Waals surface area contributed by atoms with Crippen molar-refractivity contribution in [1.82, 2.24) is 4.98 Å². The largest absolute Gasteiger partial charge is 0.379 e. The van der Waals surface area contributed by atoms with Gasteiger partial charge >= 0.3 is 0 Å². The van der Waals surface area contributed by atoms with Crippen LogP contribution in [-0.2, 0) is 6.54 Å². The highest BCUT2D eigenvalue weighted by atomic mass is 32.1. The van der Waals surface area contributed by atoms with E-state index in [2.05, 4.69) is 53.8 Å². The van der Waals surface area contributed by atoms with Gasteiger partial charge in [0.15, 0.2) is 0 Å². The van der Waals surface area contributed by atoms with Gasteiger partial charge in [0.2, 0.25) is 0 Å². The zero-order chi connectivity index (χ0) is 12.3. The minimum Gasteiger partial charge on any atom is -0.379 e. The zero-order valence-electron chi connectivity index (χ0n) is 10.5. The number of rotatable bonds is 4. The Balaban J connectivity index is 2.01. The molecule has 3 heteroatoms. The Hall–Kier alpha value is -1.35. The van der Waals surface area contributed by atoms with Crippen molar-refractivity contribution in [1.29, 1.82) is 0 Å². The summed E-state index contributed by atoms with van der Waals surface area (Å²) in [6, 6.07) is 8.59. The molecular weight excluding hydrogens is 228 g/mol. The van der Waals surface area contributed by atoms with Crippen LogP contribution in [0.4, 0.5) is 5.69 Å². The fraction of sp³-hybridized carbons (Fsp3) is 0.357. The van der Waals surface area contributed by atoms with E-state index in [1.165, 1.54) is 11.3 Å². The lowest BCUT2D eigenvalue weighted by atomic mass is 10.0. The van der Waals surface area contributed by atoms with Crippen molar-refractivity contribution < 1.29 is 0 Å². The van der Waals surface area contributed by atoms with Crippen LogP contribution in [0.2, 0.25) is 0 Å². The fourth-order valence-electron chi connectivity index (χ4n) is 1.67. The Kier molecular flexibility index (Phi) is 3.79. The summed E-state index contributed by atoms with van der Waals surface area (Å²) >= 11 is 1.71. The standard InChI is InChI=1S/C14H18N2S/c1-10(2)12-5-4-6-13(7-12)15-8-14-16-11(3)9-17-14/h4-7,9-10,15H,8H2,1-3H3. The van der Waals surface area contributed by atoms with Gasteiger partial charge in [0.25, 0.3) is 0 Å². The van der Waals surface area contributed by atoms with Gasteiger partial charge in [0.1, 0.15) is 5.01 Å². The maximum atomic E-state index is 4.44. The molecule has 17 heavy (non-hydrogen) atoms. The van der Waals surface area contributed by atoms with Crippen molar-refractivity contribution in [2.75, 3.05) is 5.32 Å². The van der Waals surface area contributed by atoms with Gasteiger partial charge in [0, 0.05) is 16.8 Å². The van der Waals surface area contributed by atoms with Crippen LogP contribution in [0.1, 0.15) is 36.0 Å². The molecule has 1 aromatic heterocycles. The highest BCUT2D eigenvalue weighted by Gasteiger charge is 2.01. The topological polar surface area (TPSA) is 24.9 Å². The molecule has 0 aliphatic rings. The van der Waals surface area contributed by atoms with E-state index >= 15 is 0 Å². The maximum Gasteiger partial charge on any atom is 0.112 e. The summed E-state index contributed by atoms with van der Waals surface area (Å²) in [5.41, 5.74) is 3.64. The number of thiazole rings is 1. The van der Waals surface area contributed by atoms with E-state index in [4.69, 9.17) is 0 Å². The monoisotopic (exact) mass is 246 g/mol. The quantitative estimate of drug-likeness (QED) is 0.875. The van der Waals surface area contributed by atoms with Crippen molar-refractivity contribution in [2.45, 2.75) is 33.2 Å². The first kappa shape index (κ1) is 12.1. The molecule has 1 aromatic carbocycles. The second kappa shape index (κ2) is 5.32. The van der Waals surface area contributed by atoms with Crippen LogP contribution in [0.5, 0.6) is 0 Å². The molecule has 90 valence electrons. The third-order valence-electron chi connectivity index (χ3n) is 2.66. The molecule has 0 aliphatic heterocycles. The Labute approximate surface area is 107 Å². The average Bonchev–Trinajstić information content (AvgIpc) is 2.73. The number of nitrogens with one attached hydrogen (secondary N) is 1. The van der Waals surface area contributed by atoms with E-state index in [1.807, 2.05) is 6.92 Å². The Morgan fingerprint density at radius 3 is 2.82 bits per heavy atom. The van der Waals surface area contributed by atoms with Crippen LogP contribution in [0.25, 0.3) is 0 Å². The molecule has 1 heterocycles. The van der Waals surface area contributed by atoms with Gasteiger partial charge in [-0.1, -0.05) is 26.0 Å². The molecule has 0 atom stereocenters. The van der Waals surface area contributed by atoms with Crippen molar-refractivity contribution in [3.05, 3.63) is 45.9 Å². The van der Waals surface area contributed by atoms with Crippen LogP contribution in [0.15, 0.2) is 29.6 Å². The summed E-state index contributed by atoms with van der Waals surface area (Å²) in [7, 11) is 0. The first-order valence-corrected chi connectivity index (χ1v) is 6.78. The SMILES string of the molecule is Cc1csc(CNc2cccc(C(C)C)c2)n1. The van der Waals surface area contributed by atoms with E-state index in [0.717, 1.165) is 17.2 Å². The fourth-order valence-corrected chi connectivity index (χ4v) is 2.38. The number of nitrogens with zero attached hydrogens (tertiary/aromatic N) is 1. The summed E-state index contributed by atoms with van der Waals surface area (Å²) < 4.78 is 0. The Morgan fingerprint density at radius 2 is 2.18 bits per heavy atom. The molecule has 0 bridgehead atoms. The third kappa shape index (κ3) is 3.30. The van der Waals surface area contributed by atoms with E-state index < -0.39 is 0 Å². The van der Waals surface area contributed by atoms with Crippen LogP contribution >= 0.6 is 11.3 Å². The summed E-state index contributed by atoms with van der Waals surface area (Å²) in [6.45, 7) is 7.26. The minimum absolute atomic E-state index is 0.568. The lowest BCUT2D eigenvalue weighted by Gasteiger charge is -2.09. The van der Waals surface area contributed by atoms with Crippen LogP contribution in [0, 0.1) is 6.92 Å².